The van der Waals surface area contributed by atoms with Gasteiger partial charge in [0, 0.05) is 49.9 Å². The van der Waals surface area contributed by atoms with Crippen LogP contribution in [-0.4, -0.2) is 44.7 Å². The van der Waals surface area contributed by atoms with Gasteiger partial charge in [-0.05, 0) is 24.5 Å². The largest absolute Gasteiger partial charge is 0.481 e. The van der Waals surface area contributed by atoms with Crippen molar-refractivity contribution >= 4 is 11.8 Å². The number of nitrogens with two attached hydrogens (primary N) is 1. The smallest absolute Gasteiger partial charge is 0.225 e. The van der Waals surface area contributed by atoms with Gasteiger partial charge in [-0.1, -0.05) is 6.07 Å². The minimum atomic E-state index is 0.235. The van der Waals surface area contributed by atoms with Crippen molar-refractivity contribution in [1.82, 2.24) is 24.5 Å². The summed E-state index contributed by atoms with van der Waals surface area (Å²) in [7, 11) is 1.58. The topological polar surface area (TPSA) is 95.0 Å². The van der Waals surface area contributed by atoms with Gasteiger partial charge in [0.25, 0.3) is 0 Å². The molecule has 0 aliphatic carbocycles. The molecule has 8 heteroatoms. The van der Waals surface area contributed by atoms with Crippen LogP contribution in [0.2, 0.25) is 0 Å². The number of anilines is 2. The molecule has 2 N–H and O–H groups in total. The molecule has 0 saturated carbocycles. The van der Waals surface area contributed by atoms with E-state index in [1.54, 1.807) is 13.3 Å². The highest BCUT2D eigenvalue weighted by atomic mass is 16.5. The summed E-state index contributed by atoms with van der Waals surface area (Å²) in [6, 6.07) is 5.89. The Morgan fingerprint density at radius 1 is 1.22 bits per heavy atom. The van der Waals surface area contributed by atoms with Crippen molar-refractivity contribution in [2.45, 2.75) is 25.3 Å². The Bertz CT molecular complexity index is 888. The molecule has 27 heavy (non-hydrogen) atoms. The first kappa shape index (κ1) is 17.3. The van der Waals surface area contributed by atoms with E-state index < -0.39 is 0 Å². The van der Waals surface area contributed by atoms with Gasteiger partial charge < -0.3 is 19.9 Å². The molecule has 3 aromatic rings. The standard InChI is InChI=1S/C19H23N7O/c1-27-17-11-16(23-19(20)24-17)25-8-4-15(5-9-25)18-22-7-10-26(18)13-14-3-2-6-21-12-14/h2-3,6-7,10-12,15H,4-5,8-9,13H2,1H3,(H2,20,23,24). The Labute approximate surface area is 158 Å². The van der Waals surface area contributed by atoms with Gasteiger partial charge in [0.2, 0.25) is 11.8 Å². The second-order valence-electron chi connectivity index (χ2n) is 6.66. The van der Waals surface area contributed by atoms with Crippen LogP contribution in [0.1, 0.15) is 30.1 Å². The third kappa shape index (κ3) is 3.84. The number of ether oxygens (including phenoxy) is 1. The van der Waals surface area contributed by atoms with E-state index in [0.29, 0.717) is 11.8 Å². The lowest BCUT2D eigenvalue weighted by molar-refractivity contribution is 0.397. The Morgan fingerprint density at radius 3 is 2.81 bits per heavy atom. The van der Waals surface area contributed by atoms with E-state index in [-0.39, 0.29) is 5.95 Å². The Balaban J connectivity index is 1.44. The molecular formula is C19H23N7O. The van der Waals surface area contributed by atoms with Crippen molar-refractivity contribution < 1.29 is 4.74 Å². The summed E-state index contributed by atoms with van der Waals surface area (Å²) in [6.45, 7) is 2.58. The molecule has 0 bridgehead atoms. The van der Waals surface area contributed by atoms with Crippen molar-refractivity contribution in [3.8, 4) is 5.88 Å². The quantitative estimate of drug-likeness (QED) is 0.740. The Kier molecular flexibility index (Phi) is 4.86. The van der Waals surface area contributed by atoms with E-state index in [1.807, 2.05) is 30.7 Å². The van der Waals surface area contributed by atoms with Crippen LogP contribution in [0.25, 0.3) is 0 Å². The highest BCUT2D eigenvalue weighted by Gasteiger charge is 2.25. The number of nitrogen functional groups attached to an aromatic ring is 1. The highest BCUT2D eigenvalue weighted by molar-refractivity contribution is 5.46. The molecule has 8 nitrogen and oxygen atoms in total. The second-order valence-corrected chi connectivity index (χ2v) is 6.66. The maximum absolute atomic E-state index is 5.79. The zero-order chi connectivity index (χ0) is 18.6. The summed E-state index contributed by atoms with van der Waals surface area (Å²) in [6.07, 6.45) is 9.65. The summed E-state index contributed by atoms with van der Waals surface area (Å²) in [4.78, 5) is 19.5. The molecule has 0 amide bonds. The number of aromatic nitrogens is 5. The number of imidazole rings is 1. The molecule has 0 unspecified atom stereocenters. The van der Waals surface area contributed by atoms with E-state index in [0.717, 1.165) is 44.1 Å². The van der Waals surface area contributed by atoms with Gasteiger partial charge in [-0.25, -0.2) is 4.98 Å². The minimum Gasteiger partial charge on any atom is -0.481 e. The molecule has 140 valence electrons. The number of rotatable bonds is 5. The van der Waals surface area contributed by atoms with Crippen LogP contribution in [0.15, 0.2) is 43.0 Å². The molecule has 0 aromatic carbocycles. The lowest BCUT2D eigenvalue weighted by Crippen LogP contribution is -2.34. The molecule has 1 saturated heterocycles. The molecule has 4 heterocycles. The fraction of sp³-hybridized carbons (Fsp3) is 0.368. The Morgan fingerprint density at radius 2 is 2.07 bits per heavy atom. The van der Waals surface area contributed by atoms with Crippen LogP contribution >= 0.6 is 0 Å². The average Bonchev–Trinajstić information content (AvgIpc) is 3.16. The first-order valence-corrected chi connectivity index (χ1v) is 9.06. The third-order valence-electron chi connectivity index (χ3n) is 4.92. The summed E-state index contributed by atoms with van der Waals surface area (Å²) in [5, 5.41) is 0. The van der Waals surface area contributed by atoms with E-state index in [2.05, 4.69) is 35.5 Å². The van der Waals surface area contributed by atoms with Gasteiger partial charge in [0.1, 0.15) is 11.6 Å². The lowest BCUT2D eigenvalue weighted by atomic mass is 9.96. The molecule has 0 radical (unpaired) electrons. The number of methoxy groups -OCH3 is 1. The van der Waals surface area contributed by atoms with Gasteiger partial charge >= 0.3 is 0 Å². The van der Waals surface area contributed by atoms with Crippen LogP contribution in [0.4, 0.5) is 11.8 Å². The van der Waals surface area contributed by atoms with Crippen molar-refractivity contribution in [2.24, 2.45) is 0 Å². The first-order chi connectivity index (χ1) is 13.2. The van der Waals surface area contributed by atoms with E-state index in [1.165, 1.54) is 5.56 Å². The molecule has 1 aliphatic heterocycles. The SMILES string of the molecule is COc1cc(N2CCC(c3nccn3Cc3cccnc3)CC2)nc(N)n1. The normalized spacial score (nSPS) is 15.1. The molecule has 0 spiro atoms. The Hall–Kier alpha value is -3.16. The maximum Gasteiger partial charge on any atom is 0.225 e. The van der Waals surface area contributed by atoms with Gasteiger partial charge in [0.15, 0.2) is 0 Å². The zero-order valence-electron chi connectivity index (χ0n) is 15.3. The fourth-order valence-corrected chi connectivity index (χ4v) is 3.57. The van der Waals surface area contributed by atoms with Gasteiger partial charge in [-0.3, -0.25) is 4.98 Å². The van der Waals surface area contributed by atoms with Gasteiger partial charge in [-0.15, -0.1) is 0 Å². The first-order valence-electron chi connectivity index (χ1n) is 9.06. The fourth-order valence-electron chi connectivity index (χ4n) is 3.57. The van der Waals surface area contributed by atoms with Gasteiger partial charge in [0.05, 0.1) is 13.7 Å². The molecule has 3 aromatic heterocycles. The lowest BCUT2D eigenvalue weighted by Gasteiger charge is -2.32. The summed E-state index contributed by atoms with van der Waals surface area (Å²) < 4.78 is 7.43. The average molecular weight is 365 g/mol. The van der Waals surface area contributed by atoms with Gasteiger partial charge in [-0.2, -0.15) is 9.97 Å². The van der Waals surface area contributed by atoms with Crippen LogP contribution in [0, 0.1) is 0 Å². The number of hydrogen-bond acceptors (Lipinski definition) is 7. The zero-order valence-corrected chi connectivity index (χ0v) is 15.3. The van der Waals surface area contributed by atoms with Crippen LogP contribution in [0.3, 0.4) is 0 Å². The van der Waals surface area contributed by atoms with Crippen molar-refractivity contribution in [3.63, 3.8) is 0 Å². The van der Waals surface area contributed by atoms with Crippen LogP contribution in [-0.2, 0) is 6.54 Å². The molecular weight excluding hydrogens is 342 g/mol. The maximum atomic E-state index is 5.79. The number of pyridine rings is 1. The molecule has 0 atom stereocenters. The van der Waals surface area contributed by atoms with Crippen molar-refractivity contribution in [1.29, 1.82) is 0 Å². The van der Waals surface area contributed by atoms with E-state index >= 15 is 0 Å². The predicted molar refractivity (Wildman–Crippen MR) is 103 cm³/mol. The number of hydrogen-bond donors (Lipinski definition) is 1. The summed E-state index contributed by atoms with van der Waals surface area (Å²) in [5.41, 5.74) is 6.97. The summed E-state index contributed by atoms with van der Waals surface area (Å²) >= 11 is 0. The second kappa shape index (κ2) is 7.61. The molecule has 1 aliphatic rings. The van der Waals surface area contributed by atoms with E-state index in [9.17, 15) is 0 Å². The third-order valence-corrected chi connectivity index (χ3v) is 4.92. The molecule has 4 rings (SSSR count). The predicted octanol–water partition coefficient (Wildman–Crippen LogP) is 2.09. The van der Waals surface area contributed by atoms with Crippen molar-refractivity contribution in [2.75, 3.05) is 30.8 Å². The number of nitrogens with zero attached hydrogens (tertiary/aromatic N) is 6. The summed E-state index contributed by atoms with van der Waals surface area (Å²) in [5.74, 6) is 3.11. The number of piperidine rings is 1. The van der Waals surface area contributed by atoms with Crippen LogP contribution < -0.4 is 15.4 Å². The monoisotopic (exact) mass is 365 g/mol. The van der Waals surface area contributed by atoms with Crippen molar-refractivity contribution in [3.05, 3.63) is 54.4 Å². The molecule has 1 fully saturated rings. The minimum absolute atomic E-state index is 0.235. The highest BCUT2D eigenvalue weighted by Crippen LogP contribution is 2.30. The van der Waals surface area contributed by atoms with Crippen LogP contribution in [0.5, 0.6) is 5.88 Å². The van der Waals surface area contributed by atoms with E-state index in [4.69, 9.17) is 10.5 Å².